The average Bonchev–Trinajstić information content (AvgIpc) is 2.64. The third kappa shape index (κ3) is 1.51. The molecule has 0 aliphatic heterocycles. The van der Waals surface area contributed by atoms with Crippen molar-refractivity contribution < 1.29 is 14.8 Å². The van der Waals surface area contributed by atoms with Gasteiger partial charge >= 0.3 is 11.7 Å². The first kappa shape index (κ1) is 11.4. The maximum absolute atomic E-state index is 10.5. The molecule has 0 saturated carbocycles. The Bertz CT molecular complexity index is 451. The minimum absolute atomic E-state index is 0.213. The lowest BCUT2D eigenvalue weighted by Crippen LogP contribution is -2.46. The van der Waals surface area contributed by atoms with Crippen LogP contribution in [0.4, 0.5) is 5.95 Å². The van der Waals surface area contributed by atoms with E-state index in [0.717, 1.165) is 0 Å². The fraction of sp³-hybridized carbons (Fsp3) is 0.500. The normalized spacial score (nSPS) is 11.1. The van der Waals surface area contributed by atoms with Gasteiger partial charge in [-0.05, 0) is 9.61 Å². The van der Waals surface area contributed by atoms with Crippen LogP contribution in [-0.2, 0) is 5.79 Å². The number of hydrogen-bond donors (Lipinski definition) is 0. The van der Waals surface area contributed by atoms with E-state index >= 15 is 0 Å². The summed E-state index contributed by atoms with van der Waals surface area (Å²) in [7, 11) is 0. The van der Waals surface area contributed by atoms with Crippen LogP contribution >= 0.6 is 0 Å². The van der Waals surface area contributed by atoms with Crippen molar-refractivity contribution in [3.63, 3.8) is 0 Å². The van der Waals surface area contributed by atoms with E-state index in [1.165, 1.54) is 0 Å². The highest BCUT2D eigenvalue weighted by Crippen LogP contribution is 2.17. The highest BCUT2D eigenvalue weighted by molar-refractivity contribution is 4.97. The van der Waals surface area contributed by atoms with E-state index in [4.69, 9.17) is 0 Å². The van der Waals surface area contributed by atoms with E-state index in [-0.39, 0.29) is 4.68 Å². The van der Waals surface area contributed by atoms with E-state index < -0.39 is 26.5 Å². The lowest BCUT2D eigenvalue weighted by atomic mass is 10.4. The van der Waals surface area contributed by atoms with Crippen molar-refractivity contribution in [3.05, 3.63) is 36.7 Å². The molecule has 1 heterocycles. The highest BCUT2D eigenvalue weighted by atomic mass is 16.7. The highest BCUT2D eigenvalue weighted by Gasteiger charge is 2.57. The molecule has 0 radical (unpaired) electrons. The zero-order chi connectivity index (χ0) is 12.5. The standard InChI is InChI=1S/C4H4N6O6/c1-4(9(13)14,10(15)16)7-2-5-3(6-7)8(11)12/h2H,1H3. The summed E-state index contributed by atoms with van der Waals surface area (Å²) >= 11 is 0. The lowest BCUT2D eigenvalue weighted by Gasteiger charge is -2.07. The van der Waals surface area contributed by atoms with Gasteiger partial charge in [0.05, 0.1) is 0 Å². The van der Waals surface area contributed by atoms with Crippen LogP contribution in [0.3, 0.4) is 0 Å². The van der Waals surface area contributed by atoms with Crippen molar-refractivity contribution in [1.82, 2.24) is 14.8 Å². The van der Waals surface area contributed by atoms with Crippen LogP contribution in [-0.4, -0.2) is 29.5 Å². The van der Waals surface area contributed by atoms with Gasteiger partial charge in [-0.1, -0.05) is 4.98 Å². The van der Waals surface area contributed by atoms with Crippen molar-refractivity contribution in [2.24, 2.45) is 0 Å². The number of hydrogen-bond acceptors (Lipinski definition) is 8. The Kier molecular flexibility index (Phi) is 2.49. The van der Waals surface area contributed by atoms with Gasteiger partial charge in [0, 0.05) is 5.10 Å². The van der Waals surface area contributed by atoms with Crippen LogP contribution < -0.4 is 0 Å². The second kappa shape index (κ2) is 3.48. The summed E-state index contributed by atoms with van der Waals surface area (Å²) in [5.41, 5.74) is 0. The third-order valence-corrected chi connectivity index (χ3v) is 1.77. The molecule has 0 aliphatic carbocycles. The number of rotatable bonds is 4. The van der Waals surface area contributed by atoms with Gasteiger partial charge in [0.2, 0.25) is 6.33 Å². The number of nitro groups is 3. The Morgan fingerprint density at radius 3 is 2.06 bits per heavy atom. The van der Waals surface area contributed by atoms with Gasteiger partial charge in [0.15, 0.2) is 0 Å². The summed E-state index contributed by atoms with van der Waals surface area (Å²) in [6, 6.07) is 0. The third-order valence-electron chi connectivity index (χ3n) is 1.77. The van der Waals surface area contributed by atoms with Crippen molar-refractivity contribution >= 4 is 5.95 Å². The molecule has 0 bridgehead atoms. The minimum atomic E-state index is -2.82. The quantitative estimate of drug-likeness (QED) is 0.376. The predicted molar refractivity (Wildman–Crippen MR) is 44.3 cm³/mol. The first-order valence-electron chi connectivity index (χ1n) is 3.65. The van der Waals surface area contributed by atoms with Gasteiger partial charge in [0.25, 0.3) is 0 Å². The van der Waals surface area contributed by atoms with Crippen LogP contribution in [0.25, 0.3) is 0 Å². The summed E-state index contributed by atoms with van der Waals surface area (Å²) in [5.74, 6) is -3.77. The molecule has 0 fully saturated rings. The van der Waals surface area contributed by atoms with Crippen molar-refractivity contribution in [3.8, 4) is 0 Å². The fourth-order valence-electron chi connectivity index (χ4n) is 0.776. The van der Waals surface area contributed by atoms with E-state index in [9.17, 15) is 30.3 Å². The number of nitrogens with zero attached hydrogens (tertiary/aromatic N) is 6. The van der Waals surface area contributed by atoms with Crippen LogP contribution in [0, 0.1) is 30.3 Å². The predicted octanol–water partition coefficient (Wildman–Crippen LogP) is -0.630. The van der Waals surface area contributed by atoms with Gasteiger partial charge in [-0.15, -0.1) is 0 Å². The van der Waals surface area contributed by atoms with Crippen molar-refractivity contribution in [1.29, 1.82) is 0 Å². The summed E-state index contributed by atoms with van der Waals surface area (Å²) in [6.07, 6.45) is 0.559. The molecule has 0 saturated heterocycles. The maximum atomic E-state index is 10.5. The van der Waals surface area contributed by atoms with Gasteiger partial charge in [-0.2, -0.15) is 0 Å². The molecule has 12 heteroatoms. The molecule has 0 atom stereocenters. The van der Waals surface area contributed by atoms with Gasteiger partial charge in [0.1, 0.15) is 16.8 Å². The molecular formula is C4H4N6O6. The Morgan fingerprint density at radius 1 is 1.25 bits per heavy atom. The summed E-state index contributed by atoms with van der Waals surface area (Å²) < 4.78 is 0.213. The molecular weight excluding hydrogens is 228 g/mol. The molecule has 0 amide bonds. The van der Waals surface area contributed by atoms with Gasteiger partial charge in [-0.3, -0.25) is 20.2 Å². The Balaban J connectivity index is 3.28. The van der Waals surface area contributed by atoms with E-state index in [2.05, 4.69) is 10.1 Å². The average molecular weight is 232 g/mol. The summed E-state index contributed by atoms with van der Waals surface area (Å²) in [4.78, 5) is 30.9. The fourth-order valence-corrected chi connectivity index (χ4v) is 0.776. The minimum Gasteiger partial charge on any atom is -0.390 e. The Hall–Kier alpha value is -2.66. The molecule has 1 aromatic heterocycles. The second-order valence-corrected chi connectivity index (χ2v) is 2.73. The maximum Gasteiger partial charge on any atom is 0.572 e. The topological polar surface area (TPSA) is 160 Å². The van der Waals surface area contributed by atoms with Crippen LogP contribution in [0.2, 0.25) is 0 Å². The summed E-state index contributed by atoms with van der Waals surface area (Å²) in [5, 5.41) is 34.4. The zero-order valence-corrected chi connectivity index (χ0v) is 7.71. The monoisotopic (exact) mass is 232 g/mol. The smallest absolute Gasteiger partial charge is 0.390 e. The molecule has 1 aromatic rings. The molecule has 0 aromatic carbocycles. The van der Waals surface area contributed by atoms with E-state index in [1.807, 2.05) is 0 Å². The molecule has 0 spiro atoms. The molecule has 1 rings (SSSR count). The van der Waals surface area contributed by atoms with Crippen LogP contribution in [0.15, 0.2) is 6.33 Å². The van der Waals surface area contributed by atoms with Crippen LogP contribution in [0.5, 0.6) is 0 Å². The molecule has 0 unspecified atom stereocenters. The van der Waals surface area contributed by atoms with Crippen molar-refractivity contribution in [2.75, 3.05) is 0 Å². The molecule has 0 N–H and O–H groups in total. The Labute approximate surface area is 85.9 Å². The van der Waals surface area contributed by atoms with E-state index in [0.29, 0.717) is 13.3 Å². The first-order valence-corrected chi connectivity index (χ1v) is 3.65. The van der Waals surface area contributed by atoms with Gasteiger partial charge < -0.3 is 10.1 Å². The first-order chi connectivity index (χ1) is 7.30. The molecule has 86 valence electrons. The second-order valence-electron chi connectivity index (χ2n) is 2.73. The van der Waals surface area contributed by atoms with E-state index in [1.54, 1.807) is 0 Å². The zero-order valence-electron chi connectivity index (χ0n) is 7.71. The largest absolute Gasteiger partial charge is 0.572 e. The van der Waals surface area contributed by atoms with Crippen LogP contribution in [0.1, 0.15) is 6.92 Å². The summed E-state index contributed by atoms with van der Waals surface area (Å²) in [6.45, 7) is 0.644. The molecule has 16 heavy (non-hydrogen) atoms. The van der Waals surface area contributed by atoms with Crippen molar-refractivity contribution in [2.45, 2.75) is 12.7 Å². The SMILES string of the molecule is CC(n1cnc([N+](=O)[O-])n1)([N+](=O)[O-])[N+](=O)[O-]. The number of aromatic nitrogens is 3. The molecule has 0 aliphatic rings. The van der Waals surface area contributed by atoms with Gasteiger partial charge in [-0.25, -0.2) is 0 Å². The Morgan fingerprint density at radius 2 is 1.75 bits per heavy atom. The lowest BCUT2D eigenvalue weighted by molar-refractivity contribution is -0.829. The molecule has 12 nitrogen and oxygen atoms in total.